The molecule has 0 N–H and O–H groups in total. The molecular formula is C42H50BF4P2Rh-. The average Bonchev–Trinajstić information content (AvgIpc) is 3.79. The van der Waals surface area contributed by atoms with Gasteiger partial charge in [-0.15, -0.1) is 17.2 Å². The van der Waals surface area contributed by atoms with Gasteiger partial charge in [0, 0.05) is 41.6 Å². The van der Waals surface area contributed by atoms with Gasteiger partial charge >= 0.3 is 7.25 Å². The summed E-state index contributed by atoms with van der Waals surface area (Å²) in [7, 11) is -3.94. The van der Waals surface area contributed by atoms with Gasteiger partial charge in [-0.25, -0.2) is 0 Å². The topological polar surface area (TPSA) is 0 Å². The molecule has 0 amide bonds. The molecule has 1 aliphatic carbocycles. The molecule has 2 saturated heterocycles. The van der Waals surface area contributed by atoms with Gasteiger partial charge in [0.2, 0.25) is 0 Å². The maximum absolute atomic E-state index is 9.75. The largest absolute Gasteiger partial charge is 0.673 e. The van der Waals surface area contributed by atoms with Gasteiger partial charge in [0.05, 0.1) is 0 Å². The van der Waals surface area contributed by atoms with Gasteiger partial charge < -0.3 is 17.3 Å². The van der Waals surface area contributed by atoms with Gasteiger partial charge in [0.25, 0.3) is 0 Å². The molecule has 2 heterocycles. The number of hydrogen-bond donors (Lipinski definition) is 0. The molecule has 0 aromatic heterocycles. The van der Waals surface area contributed by atoms with E-state index in [1.807, 2.05) is 0 Å². The van der Waals surface area contributed by atoms with Gasteiger partial charge in [-0.3, -0.25) is 0 Å². The van der Waals surface area contributed by atoms with Crippen LogP contribution in [0, 0.1) is 0 Å². The fourth-order valence-corrected chi connectivity index (χ4v) is 10.8. The summed E-state index contributed by atoms with van der Waals surface area (Å²) in [5, 5.41) is 0.432. The fourth-order valence-electron chi connectivity index (χ4n) is 6.77. The molecule has 3 aliphatic rings. The zero-order valence-corrected chi connectivity index (χ0v) is 32.5. The second-order valence-electron chi connectivity index (χ2n) is 12.7. The molecule has 50 heavy (non-hydrogen) atoms. The van der Waals surface area contributed by atoms with Gasteiger partial charge in [-0.1, -0.05) is 153 Å². The summed E-state index contributed by atoms with van der Waals surface area (Å²) in [5.74, 6) is 0. The Hall–Kier alpha value is -2.37. The van der Waals surface area contributed by atoms with E-state index in [4.69, 9.17) is 0 Å². The zero-order valence-electron chi connectivity index (χ0n) is 28.9. The van der Waals surface area contributed by atoms with Crippen molar-refractivity contribution in [2.24, 2.45) is 0 Å². The van der Waals surface area contributed by atoms with Crippen LogP contribution >= 0.6 is 17.2 Å². The van der Waals surface area contributed by atoms with Crippen LogP contribution in [0.2, 0.25) is 0 Å². The summed E-state index contributed by atoms with van der Waals surface area (Å²) in [6, 6.07) is 44.2. The average molecular weight is 807 g/mol. The Labute approximate surface area is 314 Å². The SMILES string of the molecule is C1=CCC/C=C\CC1.CC[C@@]1(c2ccccc2)CC[C@@H](c2ccccc2)P1.F[B-](F)(F)F.[Rh].c1ccc([C@@H]2CC[C@@H](c3ccccc3)P2)cc1. The van der Waals surface area contributed by atoms with Gasteiger partial charge in [-0.05, 0) is 80.0 Å². The quantitative estimate of drug-likeness (QED) is 0.0816. The van der Waals surface area contributed by atoms with Crippen LogP contribution in [0.25, 0.3) is 0 Å². The third kappa shape index (κ3) is 14.7. The predicted molar refractivity (Wildman–Crippen MR) is 208 cm³/mol. The molecule has 269 valence electrons. The minimum atomic E-state index is -6.00. The van der Waals surface area contributed by atoms with Crippen molar-refractivity contribution in [3.05, 3.63) is 168 Å². The molecule has 1 radical (unpaired) electrons. The minimum absolute atomic E-state index is 0. The van der Waals surface area contributed by atoms with E-state index in [-0.39, 0.29) is 19.5 Å². The molecule has 8 heteroatoms. The Morgan fingerprint density at radius 2 is 0.880 bits per heavy atom. The van der Waals surface area contributed by atoms with Crippen molar-refractivity contribution < 1.29 is 36.7 Å². The first-order chi connectivity index (χ1) is 23.8. The first kappa shape index (κ1) is 42.0. The number of benzene rings is 4. The van der Waals surface area contributed by atoms with E-state index in [1.54, 1.807) is 5.56 Å². The second kappa shape index (κ2) is 22.5. The van der Waals surface area contributed by atoms with E-state index in [0.717, 1.165) is 34.1 Å². The Balaban J connectivity index is 0.000000199. The maximum Gasteiger partial charge on any atom is 0.673 e. The predicted octanol–water partition coefficient (Wildman–Crippen LogP) is 14.4. The molecule has 0 bridgehead atoms. The molecule has 5 atom stereocenters. The molecule has 1 unspecified atom stereocenters. The van der Waals surface area contributed by atoms with E-state index in [1.165, 1.54) is 74.5 Å². The summed E-state index contributed by atoms with van der Waals surface area (Å²) in [4.78, 5) is 0. The number of rotatable bonds is 5. The summed E-state index contributed by atoms with van der Waals surface area (Å²) in [6.07, 6.45) is 20.6. The number of allylic oxidation sites excluding steroid dienone is 4. The molecule has 2 fully saturated rings. The van der Waals surface area contributed by atoms with Crippen molar-refractivity contribution in [2.45, 2.75) is 86.8 Å². The monoisotopic (exact) mass is 806 g/mol. The molecule has 0 nitrogen and oxygen atoms in total. The van der Waals surface area contributed by atoms with Crippen LogP contribution in [0.1, 0.15) is 104 Å². The summed E-state index contributed by atoms with van der Waals surface area (Å²) < 4.78 is 39.0. The van der Waals surface area contributed by atoms with Crippen LogP contribution in [0.5, 0.6) is 0 Å². The molecule has 0 spiro atoms. The molecule has 2 aliphatic heterocycles. The van der Waals surface area contributed by atoms with E-state index in [0.29, 0.717) is 5.16 Å². The van der Waals surface area contributed by atoms with Crippen LogP contribution in [0.15, 0.2) is 146 Å². The van der Waals surface area contributed by atoms with Crippen molar-refractivity contribution in [2.75, 3.05) is 0 Å². The van der Waals surface area contributed by atoms with E-state index in [9.17, 15) is 17.3 Å². The molecule has 7 rings (SSSR count). The van der Waals surface area contributed by atoms with Crippen LogP contribution < -0.4 is 0 Å². The Bertz CT molecular complexity index is 1440. The van der Waals surface area contributed by atoms with Crippen LogP contribution in [-0.4, -0.2) is 7.25 Å². The first-order valence-corrected chi connectivity index (χ1v) is 19.9. The Morgan fingerprint density at radius 1 is 0.540 bits per heavy atom. The van der Waals surface area contributed by atoms with Crippen LogP contribution in [-0.2, 0) is 24.6 Å². The Kier molecular flexibility index (Phi) is 19.0. The Morgan fingerprint density at radius 3 is 1.24 bits per heavy atom. The molecular weight excluding hydrogens is 756 g/mol. The van der Waals surface area contributed by atoms with Crippen molar-refractivity contribution >= 4 is 24.4 Å². The van der Waals surface area contributed by atoms with Crippen molar-refractivity contribution in [3.63, 3.8) is 0 Å². The first-order valence-electron chi connectivity index (χ1n) is 17.7. The smallest absolute Gasteiger partial charge is 0.418 e. The van der Waals surface area contributed by atoms with Gasteiger partial charge in [0.1, 0.15) is 0 Å². The van der Waals surface area contributed by atoms with E-state index < -0.39 is 7.25 Å². The van der Waals surface area contributed by atoms with Crippen LogP contribution in [0.4, 0.5) is 17.3 Å². The molecule has 4 aromatic rings. The van der Waals surface area contributed by atoms with E-state index >= 15 is 0 Å². The third-order valence-corrected chi connectivity index (χ3v) is 13.8. The van der Waals surface area contributed by atoms with Gasteiger partial charge in [0.15, 0.2) is 0 Å². The normalized spacial score (nSPS) is 23.7. The second-order valence-corrected chi connectivity index (χ2v) is 16.4. The van der Waals surface area contributed by atoms with Gasteiger partial charge in [-0.2, -0.15) is 0 Å². The van der Waals surface area contributed by atoms with Crippen LogP contribution in [0.3, 0.4) is 0 Å². The van der Waals surface area contributed by atoms with E-state index in [2.05, 4.69) is 153 Å². The maximum atomic E-state index is 9.75. The molecule has 0 saturated carbocycles. The molecule has 4 aromatic carbocycles. The summed E-state index contributed by atoms with van der Waals surface area (Å²) in [5.41, 5.74) is 8.50. The summed E-state index contributed by atoms with van der Waals surface area (Å²) >= 11 is 0. The zero-order chi connectivity index (χ0) is 34.8. The van der Waals surface area contributed by atoms with Crippen molar-refractivity contribution in [1.29, 1.82) is 0 Å². The summed E-state index contributed by atoms with van der Waals surface area (Å²) in [6.45, 7) is 2.35. The number of hydrogen-bond acceptors (Lipinski definition) is 0. The minimum Gasteiger partial charge on any atom is -0.418 e. The van der Waals surface area contributed by atoms with Crippen molar-refractivity contribution in [1.82, 2.24) is 0 Å². The standard InChI is InChI=1S/C18H21P.C16H17P.C8H12.BF4.Rh/c1-2-18(16-11-7-4-8-12-16)14-13-17(19-18)15-9-5-3-6-10-15;1-3-7-13(8-4-1)15-11-12-16(17-15)14-9-5-2-6-10-14;1-2-4-6-8-7-5-3-1;2-1(3,4)5;/h3-12,17,19H,2,13-14H2,1H3;1-10,15-17H,11-12H2;1-2,7-8H,3-6H2;;/q;;;-1;/b;;2-1-,8-7?;;/t17-,18-;15-,16-;;;/m00.../s1. The fraction of sp³-hybridized carbons (Fsp3) is 0.333. The number of halogens is 4. The third-order valence-electron chi connectivity index (χ3n) is 9.33. The van der Waals surface area contributed by atoms with Crippen molar-refractivity contribution in [3.8, 4) is 0 Å².